The van der Waals surface area contributed by atoms with E-state index < -0.39 is 0 Å². The van der Waals surface area contributed by atoms with Crippen molar-refractivity contribution in [2.45, 2.75) is 39.5 Å². The van der Waals surface area contributed by atoms with Crippen LogP contribution >= 0.6 is 0 Å². The van der Waals surface area contributed by atoms with Gasteiger partial charge in [0.25, 0.3) is 0 Å². The number of ketones is 1. The van der Waals surface area contributed by atoms with Crippen LogP contribution in [-0.4, -0.2) is 12.1 Å². The van der Waals surface area contributed by atoms with Crippen molar-refractivity contribution in [2.75, 3.05) is 0 Å². The summed E-state index contributed by atoms with van der Waals surface area (Å²) < 4.78 is 0. The van der Waals surface area contributed by atoms with Gasteiger partial charge in [0.05, 0.1) is 0 Å². The predicted molar refractivity (Wildman–Crippen MR) is 49.0 cm³/mol. The first kappa shape index (κ1) is 11.1. The molecule has 0 aromatic heterocycles. The Hall–Kier alpha value is -0.920. The minimum absolute atomic E-state index is 0.217. The van der Waals surface area contributed by atoms with Crippen molar-refractivity contribution in [2.24, 2.45) is 0 Å². The summed E-state index contributed by atoms with van der Waals surface area (Å²) in [6.07, 6.45) is 5.77. The number of hydrogen-bond acceptors (Lipinski definition) is 2. The smallest absolute Gasteiger partial charge is 0.130 e. The molecule has 0 rings (SSSR count). The third kappa shape index (κ3) is 7.19. The van der Waals surface area contributed by atoms with Gasteiger partial charge in [-0.25, -0.2) is 0 Å². The van der Waals surface area contributed by atoms with Crippen molar-refractivity contribution < 1.29 is 9.59 Å². The molecule has 2 nitrogen and oxygen atoms in total. The molecule has 0 spiro atoms. The second-order valence-corrected chi connectivity index (χ2v) is 3.00. The van der Waals surface area contributed by atoms with E-state index in [1.54, 1.807) is 6.92 Å². The van der Waals surface area contributed by atoms with Gasteiger partial charge in [-0.3, -0.25) is 0 Å². The van der Waals surface area contributed by atoms with E-state index in [0.717, 1.165) is 19.1 Å². The maximum atomic E-state index is 10.6. The Balaban J connectivity index is 3.53. The van der Waals surface area contributed by atoms with Crippen LogP contribution in [-0.2, 0) is 9.59 Å². The summed E-state index contributed by atoms with van der Waals surface area (Å²) in [7, 11) is 0. The Kier molecular flexibility index (Phi) is 6.25. The molecule has 0 saturated carbocycles. The van der Waals surface area contributed by atoms with Crippen LogP contribution < -0.4 is 0 Å². The minimum atomic E-state index is 0.217. The lowest BCUT2D eigenvalue weighted by Crippen LogP contribution is -1.87. The van der Waals surface area contributed by atoms with Crippen molar-refractivity contribution in [1.82, 2.24) is 0 Å². The lowest BCUT2D eigenvalue weighted by atomic mass is 10.1. The van der Waals surface area contributed by atoms with Crippen LogP contribution in [0.3, 0.4) is 0 Å². The van der Waals surface area contributed by atoms with Crippen molar-refractivity contribution in [3.8, 4) is 0 Å². The molecule has 0 bridgehead atoms. The van der Waals surface area contributed by atoms with Crippen molar-refractivity contribution in [3.05, 3.63) is 11.6 Å². The average Bonchev–Trinajstić information content (AvgIpc) is 2.00. The molecule has 0 N–H and O–H groups in total. The topological polar surface area (TPSA) is 34.1 Å². The SMILES string of the molecule is CC(=O)CC/C=C(\C)CCC=O. The van der Waals surface area contributed by atoms with Crippen molar-refractivity contribution >= 4 is 12.1 Å². The van der Waals surface area contributed by atoms with Gasteiger partial charge in [0.1, 0.15) is 12.1 Å². The fourth-order valence-electron chi connectivity index (χ4n) is 0.910. The highest BCUT2D eigenvalue weighted by molar-refractivity contribution is 5.75. The number of carbonyl (C=O) groups is 2. The summed E-state index contributed by atoms with van der Waals surface area (Å²) in [6.45, 7) is 3.58. The highest BCUT2D eigenvalue weighted by Gasteiger charge is 1.92. The first-order chi connectivity index (χ1) is 5.66. The normalized spacial score (nSPS) is 11.3. The highest BCUT2D eigenvalue weighted by Crippen LogP contribution is 2.04. The summed E-state index contributed by atoms with van der Waals surface area (Å²) in [5.74, 6) is 0.217. The van der Waals surface area contributed by atoms with Crippen LogP contribution in [0.2, 0.25) is 0 Å². The zero-order chi connectivity index (χ0) is 9.40. The predicted octanol–water partition coefficient (Wildman–Crippen LogP) is 2.28. The van der Waals surface area contributed by atoms with Gasteiger partial charge in [-0.05, 0) is 26.7 Å². The minimum Gasteiger partial charge on any atom is -0.303 e. The fraction of sp³-hybridized carbons (Fsp3) is 0.600. The summed E-state index contributed by atoms with van der Waals surface area (Å²) in [6, 6.07) is 0. The molecule has 0 saturated heterocycles. The molecule has 0 aliphatic rings. The molecule has 0 heterocycles. The van der Waals surface area contributed by atoms with Gasteiger partial charge in [-0.15, -0.1) is 0 Å². The number of rotatable bonds is 6. The van der Waals surface area contributed by atoms with Gasteiger partial charge in [0.2, 0.25) is 0 Å². The van der Waals surface area contributed by atoms with Crippen LogP contribution in [0.1, 0.15) is 39.5 Å². The second kappa shape index (κ2) is 6.77. The molecule has 0 atom stereocenters. The first-order valence-electron chi connectivity index (χ1n) is 4.25. The average molecular weight is 168 g/mol. The Morgan fingerprint density at radius 1 is 1.17 bits per heavy atom. The molecule has 0 aromatic rings. The number of hydrogen-bond donors (Lipinski definition) is 0. The van der Waals surface area contributed by atoms with E-state index >= 15 is 0 Å². The van der Waals surface area contributed by atoms with Crippen molar-refractivity contribution in [1.29, 1.82) is 0 Å². The number of Topliss-reactive ketones (excluding diaryl/α,β-unsaturated/α-hetero) is 1. The molecule has 0 aliphatic heterocycles. The molecule has 0 radical (unpaired) electrons. The van der Waals surface area contributed by atoms with E-state index in [4.69, 9.17) is 0 Å². The van der Waals surface area contributed by atoms with Gasteiger partial charge in [-0.1, -0.05) is 11.6 Å². The maximum absolute atomic E-state index is 10.6. The highest BCUT2D eigenvalue weighted by atomic mass is 16.1. The maximum Gasteiger partial charge on any atom is 0.130 e. The lowest BCUT2D eigenvalue weighted by molar-refractivity contribution is -0.117. The van der Waals surface area contributed by atoms with E-state index in [2.05, 4.69) is 0 Å². The molecule has 0 unspecified atom stereocenters. The lowest BCUT2D eigenvalue weighted by Gasteiger charge is -1.95. The molecule has 0 aliphatic carbocycles. The molecule has 0 amide bonds. The molecular weight excluding hydrogens is 152 g/mol. The summed E-state index contributed by atoms with van der Waals surface area (Å²) in [4.78, 5) is 20.6. The summed E-state index contributed by atoms with van der Waals surface area (Å²) >= 11 is 0. The van der Waals surface area contributed by atoms with E-state index in [9.17, 15) is 9.59 Å². The Morgan fingerprint density at radius 3 is 2.33 bits per heavy atom. The quantitative estimate of drug-likeness (QED) is 0.450. The molecular formula is C10H16O2. The monoisotopic (exact) mass is 168 g/mol. The van der Waals surface area contributed by atoms with Crippen LogP contribution in [0.15, 0.2) is 11.6 Å². The molecule has 0 aromatic carbocycles. The molecule has 2 heteroatoms. The molecule has 68 valence electrons. The van der Waals surface area contributed by atoms with E-state index in [0.29, 0.717) is 12.8 Å². The van der Waals surface area contributed by atoms with Crippen LogP contribution in [0, 0.1) is 0 Å². The van der Waals surface area contributed by atoms with Gasteiger partial charge >= 0.3 is 0 Å². The third-order valence-electron chi connectivity index (χ3n) is 1.65. The number of aldehydes is 1. The van der Waals surface area contributed by atoms with Crippen molar-refractivity contribution in [3.63, 3.8) is 0 Å². The van der Waals surface area contributed by atoms with Crippen LogP contribution in [0.4, 0.5) is 0 Å². The number of carbonyl (C=O) groups excluding carboxylic acids is 2. The van der Waals surface area contributed by atoms with E-state index in [1.165, 1.54) is 5.57 Å². The van der Waals surface area contributed by atoms with Gasteiger partial charge in [-0.2, -0.15) is 0 Å². The van der Waals surface area contributed by atoms with E-state index in [-0.39, 0.29) is 5.78 Å². The largest absolute Gasteiger partial charge is 0.303 e. The first-order valence-corrected chi connectivity index (χ1v) is 4.25. The standard InChI is InChI=1S/C10H16O2/c1-9(6-4-8-11)5-3-7-10(2)12/h5,8H,3-4,6-7H2,1-2H3/b9-5+. The second-order valence-electron chi connectivity index (χ2n) is 3.00. The van der Waals surface area contributed by atoms with Crippen LogP contribution in [0.5, 0.6) is 0 Å². The Labute approximate surface area is 73.7 Å². The van der Waals surface area contributed by atoms with Gasteiger partial charge in [0, 0.05) is 12.8 Å². The summed E-state index contributed by atoms with van der Waals surface area (Å²) in [5.41, 5.74) is 1.20. The molecule has 12 heavy (non-hydrogen) atoms. The van der Waals surface area contributed by atoms with E-state index in [1.807, 2.05) is 13.0 Å². The van der Waals surface area contributed by atoms with Crippen LogP contribution in [0.25, 0.3) is 0 Å². The third-order valence-corrected chi connectivity index (χ3v) is 1.65. The fourth-order valence-corrected chi connectivity index (χ4v) is 0.910. The van der Waals surface area contributed by atoms with Gasteiger partial charge < -0.3 is 9.59 Å². The van der Waals surface area contributed by atoms with Gasteiger partial charge in [0.15, 0.2) is 0 Å². The zero-order valence-corrected chi connectivity index (χ0v) is 7.80. The Morgan fingerprint density at radius 2 is 1.83 bits per heavy atom. The summed E-state index contributed by atoms with van der Waals surface area (Å²) in [5, 5.41) is 0. The molecule has 0 fully saturated rings. The number of allylic oxidation sites excluding steroid dienone is 2. The zero-order valence-electron chi connectivity index (χ0n) is 7.80. The Bertz CT molecular complexity index is 180.